The fourth-order valence-electron chi connectivity index (χ4n) is 4.88. The third kappa shape index (κ3) is 3.41. The minimum Gasteiger partial charge on any atom is -0.449 e. The molecule has 1 amide bonds. The van der Waals surface area contributed by atoms with E-state index in [4.69, 9.17) is 4.74 Å². The molecule has 5 aromatic rings. The number of ketones is 1. The summed E-state index contributed by atoms with van der Waals surface area (Å²) in [6.07, 6.45) is 0.0697. The van der Waals surface area contributed by atoms with Crippen molar-refractivity contribution in [1.82, 2.24) is 0 Å². The fraction of sp³-hybridized carbons (Fsp3) is 0.0667. The zero-order chi connectivity index (χ0) is 23.1. The van der Waals surface area contributed by atoms with Gasteiger partial charge in [-0.3, -0.25) is 10.1 Å². The number of hydrogen-bond donors (Lipinski definition) is 1. The van der Waals surface area contributed by atoms with Crippen molar-refractivity contribution in [3.05, 3.63) is 114 Å². The lowest BCUT2D eigenvalue weighted by Crippen LogP contribution is -2.15. The molecule has 34 heavy (non-hydrogen) atoms. The molecular weight excluding hydrogens is 422 g/mol. The number of amides is 1. The van der Waals surface area contributed by atoms with E-state index < -0.39 is 6.09 Å². The van der Waals surface area contributed by atoms with E-state index >= 15 is 0 Å². The molecule has 0 heterocycles. The highest BCUT2D eigenvalue weighted by molar-refractivity contribution is 6.22. The third-order valence-electron chi connectivity index (χ3n) is 6.44. The van der Waals surface area contributed by atoms with Crippen LogP contribution in [-0.4, -0.2) is 18.5 Å². The molecule has 0 unspecified atom stereocenters. The molecule has 0 aromatic heterocycles. The molecule has 164 valence electrons. The van der Waals surface area contributed by atoms with Crippen LogP contribution >= 0.6 is 0 Å². The number of carbonyl (C=O) groups is 2. The van der Waals surface area contributed by atoms with Gasteiger partial charge < -0.3 is 4.74 Å². The lowest BCUT2D eigenvalue weighted by molar-refractivity contribution is 0.104. The van der Waals surface area contributed by atoms with E-state index in [9.17, 15) is 9.59 Å². The number of rotatable bonds is 4. The van der Waals surface area contributed by atoms with Crippen LogP contribution in [-0.2, 0) is 11.2 Å². The first-order valence-corrected chi connectivity index (χ1v) is 11.3. The van der Waals surface area contributed by atoms with Gasteiger partial charge in [-0.05, 0) is 56.4 Å². The number of carbonyl (C=O) groups excluding carboxylic acids is 2. The molecule has 0 saturated carbocycles. The second-order valence-corrected chi connectivity index (χ2v) is 8.44. The molecule has 1 aliphatic carbocycles. The highest BCUT2D eigenvalue weighted by atomic mass is 16.5. The van der Waals surface area contributed by atoms with Gasteiger partial charge in [0.1, 0.15) is 0 Å². The summed E-state index contributed by atoms with van der Waals surface area (Å²) in [7, 11) is 0. The van der Waals surface area contributed by atoms with Crippen LogP contribution in [0, 0.1) is 0 Å². The summed E-state index contributed by atoms with van der Waals surface area (Å²) in [6, 6.07) is 31.7. The molecule has 1 aliphatic rings. The van der Waals surface area contributed by atoms with Crippen molar-refractivity contribution in [3.8, 4) is 11.1 Å². The molecule has 0 atom stereocenters. The molecule has 0 radical (unpaired) electrons. The molecule has 0 saturated heterocycles. The molecule has 1 N–H and O–H groups in total. The number of hydrogen-bond acceptors (Lipinski definition) is 3. The van der Waals surface area contributed by atoms with E-state index in [0.717, 1.165) is 11.1 Å². The predicted octanol–water partition coefficient (Wildman–Crippen LogP) is 7.00. The first-order chi connectivity index (χ1) is 16.7. The number of ether oxygens (including phenoxy) is 1. The largest absolute Gasteiger partial charge is 0.449 e. The fourth-order valence-corrected chi connectivity index (χ4v) is 4.88. The molecule has 4 nitrogen and oxygen atoms in total. The number of nitrogens with one attached hydrogen (secondary N) is 1. The topological polar surface area (TPSA) is 55.4 Å². The normalized spacial score (nSPS) is 11.9. The van der Waals surface area contributed by atoms with Crippen molar-refractivity contribution in [2.24, 2.45) is 0 Å². The van der Waals surface area contributed by atoms with Crippen LogP contribution in [0.4, 0.5) is 10.5 Å². The van der Waals surface area contributed by atoms with Crippen LogP contribution in [0.3, 0.4) is 0 Å². The van der Waals surface area contributed by atoms with Gasteiger partial charge in [-0.1, -0.05) is 78.9 Å². The smallest absolute Gasteiger partial charge is 0.411 e. The number of benzene rings is 5. The van der Waals surface area contributed by atoms with Crippen molar-refractivity contribution >= 4 is 39.1 Å². The van der Waals surface area contributed by atoms with E-state index in [1.807, 2.05) is 54.6 Å². The Labute approximate surface area is 196 Å². The number of fused-ring (bicyclic) bond motifs is 5. The summed E-state index contributed by atoms with van der Waals surface area (Å²) in [4.78, 5) is 25.2. The third-order valence-corrected chi connectivity index (χ3v) is 6.44. The highest BCUT2D eigenvalue weighted by Crippen LogP contribution is 2.37. The summed E-state index contributed by atoms with van der Waals surface area (Å²) in [5.41, 5.74) is 4.82. The molecule has 0 bridgehead atoms. The van der Waals surface area contributed by atoms with Gasteiger partial charge in [0.25, 0.3) is 0 Å². The van der Waals surface area contributed by atoms with Gasteiger partial charge >= 0.3 is 6.09 Å². The lowest BCUT2D eigenvalue weighted by atomic mass is 9.95. The van der Waals surface area contributed by atoms with Gasteiger partial charge in [-0.15, -0.1) is 0 Å². The molecule has 5 aromatic carbocycles. The van der Waals surface area contributed by atoms with Gasteiger partial charge in [0, 0.05) is 23.2 Å². The van der Waals surface area contributed by atoms with Crippen LogP contribution in [0.15, 0.2) is 97.1 Å². The highest BCUT2D eigenvalue weighted by Gasteiger charge is 2.26. The van der Waals surface area contributed by atoms with E-state index in [-0.39, 0.29) is 12.4 Å². The van der Waals surface area contributed by atoms with E-state index in [2.05, 4.69) is 35.6 Å². The molecule has 6 rings (SSSR count). The average molecular weight is 444 g/mol. The maximum absolute atomic E-state index is 12.7. The van der Waals surface area contributed by atoms with Crippen LogP contribution < -0.4 is 5.32 Å². The Bertz CT molecular complexity index is 1550. The van der Waals surface area contributed by atoms with Crippen LogP contribution in [0.5, 0.6) is 0 Å². The van der Waals surface area contributed by atoms with E-state index in [0.29, 0.717) is 23.2 Å². The van der Waals surface area contributed by atoms with Crippen molar-refractivity contribution in [2.75, 3.05) is 11.9 Å². The second-order valence-electron chi connectivity index (χ2n) is 8.44. The Kier molecular flexibility index (Phi) is 4.84. The Morgan fingerprint density at radius 1 is 0.676 bits per heavy atom. The summed E-state index contributed by atoms with van der Waals surface area (Å²) in [5.74, 6) is -0.0227. The molecule has 0 fully saturated rings. The lowest BCUT2D eigenvalue weighted by Gasteiger charge is -2.12. The maximum Gasteiger partial charge on any atom is 0.411 e. The molecule has 0 spiro atoms. The zero-order valence-corrected chi connectivity index (χ0v) is 18.4. The van der Waals surface area contributed by atoms with Crippen molar-refractivity contribution in [3.63, 3.8) is 0 Å². The molecule has 4 heteroatoms. The van der Waals surface area contributed by atoms with Gasteiger partial charge in [-0.2, -0.15) is 0 Å². The van der Waals surface area contributed by atoms with Gasteiger partial charge in [0.2, 0.25) is 0 Å². The Morgan fingerprint density at radius 2 is 1.29 bits per heavy atom. The number of anilines is 1. The van der Waals surface area contributed by atoms with Crippen LogP contribution in [0.2, 0.25) is 0 Å². The molecule has 0 aliphatic heterocycles. The first kappa shape index (κ1) is 20.2. The van der Waals surface area contributed by atoms with Gasteiger partial charge in [0.05, 0.1) is 6.61 Å². The van der Waals surface area contributed by atoms with Crippen molar-refractivity contribution < 1.29 is 14.3 Å². The molecular formula is C30H21NO3. The van der Waals surface area contributed by atoms with Crippen molar-refractivity contribution in [2.45, 2.75) is 6.42 Å². The average Bonchev–Trinajstić information content (AvgIpc) is 3.15. The quantitative estimate of drug-likeness (QED) is 0.299. The Balaban J connectivity index is 1.18. The standard InChI is InChI=1S/C30H21NO3/c32-29-27-12-6-5-11-24(27)25-14-13-21(18-28(25)29)31-30(33)34-16-15-26-22-9-3-1-7-19(22)17-20-8-2-4-10-23(20)26/h1-14,17-18H,15-16H2,(H,31,33). The van der Waals surface area contributed by atoms with Crippen LogP contribution in [0.1, 0.15) is 21.5 Å². The first-order valence-electron chi connectivity index (χ1n) is 11.3. The summed E-state index contributed by atoms with van der Waals surface area (Å²) in [6.45, 7) is 0.249. The van der Waals surface area contributed by atoms with E-state index in [1.54, 1.807) is 12.1 Å². The SMILES string of the molecule is O=C(Nc1ccc2c(c1)C(=O)c1ccccc1-2)OCCc1c2ccccc2cc2ccccc12. The monoisotopic (exact) mass is 443 g/mol. The Morgan fingerprint density at radius 3 is 2.03 bits per heavy atom. The van der Waals surface area contributed by atoms with Crippen LogP contribution in [0.25, 0.3) is 32.7 Å². The van der Waals surface area contributed by atoms with Gasteiger partial charge in [0.15, 0.2) is 5.78 Å². The summed E-state index contributed by atoms with van der Waals surface area (Å²) in [5, 5.41) is 7.44. The minimum atomic E-state index is -0.535. The van der Waals surface area contributed by atoms with E-state index in [1.165, 1.54) is 27.1 Å². The zero-order valence-electron chi connectivity index (χ0n) is 18.4. The predicted molar refractivity (Wildman–Crippen MR) is 135 cm³/mol. The summed E-state index contributed by atoms with van der Waals surface area (Å²) >= 11 is 0. The summed E-state index contributed by atoms with van der Waals surface area (Å²) < 4.78 is 5.52. The second kappa shape index (κ2) is 8.16. The Hall–Kier alpha value is -4.44. The maximum atomic E-state index is 12.7. The van der Waals surface area contributed by atoms with Gasteiger partial charge in [-0.25, -0.2) is 4.79 Å². The minimum absolute atomic E-state index is 0.0227. The van der Waals surface area contributed by atoms with Crippen molar-refractivity contribution in [1.29, 1.82) is 0 Å².